The molecule has 2 fully saturated rings. The highest BCUT2D eigenvalue weighted by Gasteiger charge is 2.73. The number of hydrogen-bond acceptors (Lipinski definition) is 3. The summed E-state index contributed by atoms with van der Waals surface area (Å²) in [7, 11) is -4.36. The molecule has 0 N–H and O–H groups in total. The molecule has 0 aromatic heterocycles. The van der Waals surface area contributed by atoms with Crippen LogP contribution in [0.5, 0.6) is 0 Å². The van der Waals surface area contributed by atoms with Gasteiger partial charge in [-0.05, 0) is 92.3 Å². The molecule has 230 valence electrons. The zero-order valence-electron chi connectivity index (χ0n) is 22.5. The van der Waals surface area contributed by atoms with E-state index < -0.39 is 44.2 Å². The van der Waals surface area contributed by atoms with E-state index in [0.717, 1.165) is 18.9 Å². The number of benzene rings is 2. The third-order valence-electron chi connectivity index (χ3n) is 9.25. The van der Waals surface area contributed by atoms with Crippen LogP contribution in [0.15, 0.2) is 47.4 Å². The van der Waals surface area contributed by atoms with Crippen molar-refractivity contribution in [1.29, 1.82) is 0 Å². The van der Waals surface area contributed by atoms with Gasteiger partial charge < -0.3 is 4.90 Å². The maximum atomic E-state index is 14.6. The molecule has 2 aliphatic carbocycles. The van der Waals surface area contributed by atoms with E-state index in [2.05, 4.69) is 6.92 Å². The number of fused-ring (bicyclic) bond motifs is 3. The molecule has 3 aliphatic rings. The fourth-order valence-corrected chi connectivity index (χ4v) is 9.40. The van der Waals surface area contributed by atoms with Gasteiger partial charge in [0.1, 0.15) is 4.75 Å². The smallest absolute Gasteiger partial charge is 0.337 e. The molecule has 1 amide bonds. The first-order valence-electron chi connectivity index (χ1n) is 13.7. The number of likely N-dealkylation sites (tertiary alicyclic amines) is 1. The average Bonchev–Trinajstić information content (AvgIpc) is 3.34. The highest BCUT2D eigenvalue weighted by atomic mass is 35.5. The highest BCUT2D eigenvalue weighted by molar-refractivity contribution is 7.92. The minimum Gasteiger partial charge on any atom is -0.337 e. The fraction of sp³-hybridized carbons (Fsp3) is 0.552. The second-order valence-electron chi connectivity index (χ2n) is 11.7. The van der Waals surface area contributed by atoms with Crippen LogP contribution in [0.4, 0.5) is 30.7 Å². The van der Waals surface area contributed by atoms with Crippen LogP contribution in [0.25, 0.3) is 0 Å². The average molecular weight is 640 g/mol. The predicted molar refractivity (Wildman–Crippen MR) is 141 cm³/mol. The third kappa shape index (κ3) is 4.62. The summed E-state index contributed by atoms with van der Waals surface area (Å²) < 4.78 is 123. The van der Waals surface area contributed by atoms with Crippen LogP contribution in [0, 0.1) is 11.8 Å². The maximum absolute atomic E-state index is 14.6. The molecule has 42 heavy (non-hydrogen) atoms. The van der Waals surface area contributed by atoms with Crippen molar-refractivity contribution in [3.63, 3.8) is 0 Å². The van der Waals surface area contributed by atoms with Crippen LogP contribution in [-0.4, -0.2) is 43.9 Å². The Labute approximate surface area is 244 Å². The van der Waals surface area contributed by atoms with Gasteiger partial charge in [0, 0.05) is 23.0 Å². The minimum atomic E-state index is -6.51. The molecular weight excluding hydrogens is 611 g/mol. The van der Waals surface area contributed by atoms with Crippen LogP contribution in [0.1, 0.15) is 62.1 Å². The first-order valence-corrected chi connectivity index (χ1v) is 15.6. The fourth-order valence-electron chi connectivity index (χ4n) is 6.91. The Balaban J connectivity index is 1.63. The maximum Gasteiger partial charge on any atom is 0.460 e. The van der Waals surface area contributed by atoms with E-state index in [1.807, 2.05) is 0 Å². The number of aryl methyl sites for hydroxylation is 1. The number of carbonyl (C=O) groups excluding carboxylic acids is 1. The van der Waals surface area contributed by atoms with Crippen molar-refractivity contribution in [3.05, 3.63) is 64.2 Å². The van der Waals surface area contributed by atoms with Gasteiger partial charge in [-0.2, -0.15) is 30.7 Å². The lowest BCUT2D eigenvalue weighted by Crippen LogP contribution is -2.53. The second kappa shape index (κ2) is 10.4. The number of nitrogens with zero attached hydrogens (tertiary/aromatic N) is 1. The van der Waals surface area contributed by atoms with Gasteiger partial charge in [0.15, 0.2) is 9.84 Å². The van der Waals surface area contributed by atoms with E-state index in [1.54, 1.807) is 4.90 Å². The second-order valence-corrected chi connectivity index (χ2v) is 14.3. The lowest BCUT2D eigenvalue weighted by molar-refractivity contribution is -0.359. The summed E-state index contributed by atoms with van der Waals surface area (Å²) in [5.74, 6) is -12.0. The summed E-state index contributed by atoms with van der Waals surface area (Å²) >= 11 is 5.97. The first kappa shape index (κ1) is 31.1. The van der Waals surface area contributed by atoms with Crippen molar-refractivity contribution in [2.24, 2.45) is 11.8 Å². The molecule has 2 aromatic rings. The van der Waals surface area contributed by atoms with E-state index >= 15 is 0 Å². The zero-order valence-corrected chi connectivity index (χ0v) is 24.1. The van der Waals surface area contributed by atoms with E-state index in [-0.39, 0.29) is 58.7 Å². The van der Waals surface area contributed by atoms with Gasteiger partial charge in [0.25, 0.3) is 0 Å². The van der Waals surface area contributed by atoms with Crippen molar-refractivity contribution in [3.8, 4) is 0 Å². The molecule has 2 atom stereocenters. The molecule has 1 heterocycles. The van der Waals surface area contributed by atoms with Crippen LogP contribution in [0.3, 0.4) is 0 Å². The largest absolute Gasteiger partial charge is 0.460 e. The Morgan fingerprint density at radius 3 is 2.14 bits per heavy atom. The van der Waals surface area contributed by atoms with Gasteiger partial charge in [-0.1, -0.05) is 30.7 Å². The topological polar surface area (TPSA) is 54.5 Å². The standard InChI is InChI=1S/C29H29ClF7NO3S/c1-17-2-4-18(5-3-17)25(39)38-15-14-26(42(40,41)22-10-8-21(30)9-11-22)23-12-7-20(16-19(23)6-13-24(26)38)27(31,32)28(33,34)29(35,36)37/h7-12,16-18,24H,2-6,13-15H2,1H3. The molecule has 2 unspecified atom stereocenters. The van der Waals surface area contributed by atoms with E-state index in [0.29, 0.717) is 30.9 Å². The minimum absolute atomic E-state index is 0.000624. The van der Waals surface area contributed by atoms with Gasteiger partial charge in [0.05, 0.1) is 10.9 Å². The Kier molecular flexibility index (Phi) is 7.69. The number of alkyl halides is 7. The monoisotopic (exact) mass is 639 g/mol. The number of rotatable bonds is 5. The number of halogens is 8. The Bertz CT molecular complexity index is 1470. The summed E-state index contributed by atoms with van der Waals surface area (Å²) in [5.41, 5.74) is -1.61. The van der Waals surface area contributed by atoms with E-state index in [1.165, 1.54) is 24.3 Å². The summed E-state index contributed by atoms with van der Waals surface area (Å²) in [6.45, 7) is 2.16. The number of hydrogen-bond donors (Lipinski definition) is 0. The molecule has 4 nitrogen and oxygen atoms in total. The third-order valence-corrected chi connectivity index (χ3v) is 12.1. The van der Waals surface area contributed by atoms with Gasteiger partial charge in [0.2, 0.25) is 5.91 Å². The van der Waals surface area contributed by atoms with Crippen molar-refractivity contribution in [2.45, 2.75) is 85.6 Å². The quantitative estimate of drug-likeness (QED) is 0.316. The van der Waals surface area contributed by atoms with Crippen LogP contribution >= 0.6 is 11.6 Å². The molecule has 5 rings (SSSR count). The molecular formula is C29H29ClF7NO3S. The summed E-state index contributed by atoms with van der Waals surface area (Å²) in [4.78, 5) is 15.2. The molecule has 0 bridgehead atoms. The van der Waals surface area contributed by atoms with Gasteiger partial charge >= 0.3 is 18.0 Å². The lowest BCUT2D eigenvalue weighted by atomic mass is 9.77. The van der Waals surface area contributed by atoms with Crippen molar-refractivity contribution >= 4 is 27.3 Å². The SMILES string of the molecule is CC1CCC(C(=O)N2CCC3(S(=O)(=O)c4ccc(Cl)cc4)c4ccc(C(F)(F)C(F)(F)C(F)(F)F)cc4CCC23)CC1. The molecule has 1 aliphatic heterocycles. The van der Waals surface area contributed by atoms with Crippen molar-refractivity contribution in [1.82, 2.24) is 4.90 Å². The van der Waals surface area contributed by atoms with E-state index in [9.17, 15) is 43.9 Å². The van der Waals surface area contributed by atoms with Gasteiger partial charge in [-0.3, -0.25) is 4.79 Å². The van der Waals surface area contributed by atoms with Gasteiger partial charge in [-0.25, -0.2) is 8.42 Å². The van der Waals surface area contributed by atoms with Crippen molar-refractivity contribution < 1.29 is 43.9 Å². The van der Waals surface area contributed by atoms with E-state index in [4.69, 9.17) is 11.6 Å². The number of carbonyl (C=O) groups is 1. The van der Waals surface area contributed by atoms with Crippen LogP contribution in [-0.2, 0) is 31.7 Å². The molecule has 1 saturated heterocycles. The summed E-state index contributed by atoms with van der Waals surface area (Å²) in [5, 5.41) is 0.263. The Hall–Kier alpha value is -2.34. The lowest BCUT2D eigenvalue weighted by Gasteiger charge is -2.43. The summed E-state index contributed by atoms with van der Waals surface area (Å²) in [6.07, 6.45) is -3.69. The van der Waals surface area contributed by atoms with Crippen LogP contribution < -0.4 is 0 Å². The highest BCUT2D eigenvalue weighted by Crippen LogP contribution is 2.56. The molecule has 1 saturated carbocycles. The number of amides is 1. The molecule has 2 aromatic carbocycles. The Morgan fingerprint density at radius 1 is 0.929 bits per heavy atom. The number of sulfone groups is 1. The first-order chi connectivity index (χ1) is 19.4. The van der Waals surface area contributed by atoms with Gasteiger partial charge in [-0.15, -0.1) is 0 Å². The Morgan fingerprint density at radius 2 is 1.55 bits per heavy atom. The molecule has 0 radical (unpaired) electrons. The molecule has 0 spiro atoms. The summed E-state index contributed by atoms with van der Waals surface area (Å²) in [6, 6.07) is 6.33. The normalized spacial score (nSPS) is 27.0. The van der Waals surface area contributed by atoms with Crippen LogP contribution in [0.2, 0.25) is 5.02 Å². The zero-order chi connectivity index (χ0) is 30.9. The molecule has 13 heteroatoms. The predicted octanol–water partition coefficient (Wildman–Crippen LogP) is 7.67. The van der Waals surface area contributed by atoms with Crippen molar-refractivity contribution in [2.75, 3.05) is 6.54 Å².